The van der Waals surface area contributed by atoms with Gasteiger partial charge in [0.1, 0.15) is 12.2 Å². The summed E-state index contributed by atoms with van der Waals surface area (Å²) in [6, 6.07) is 4.34. The Morgan fingerprint density at radius 2 is 1.98 bits per heavy atom. The molecular formula is C30H38N2O8. The number of fused-ring (bicyclic) bond motifs is 3. The number of aliphatic hydroxyl groups is 3. The van der Waals surface area contributed by atoms with E-state index in [1.165, 1.54) is 26.2 Å². The van der Waals surface area contributed by atoms with Crippen molar-refractivity contribution in [3.8, 4) is 11.5 Å². The molecule has 1 aromatic heterocycles. The number of aliphatic hydroxyl groups excluding tert-OH is 3. The Bertz CT molecular complexity index is 1220. The maximum absolute atomic E-state index is 13.7. The Labute approximate surface area is 233 Å². The van der Waals surface area contributed by atoms with E-state index in [4.69, 9.17) is 13.9 Å². The number of hydrogen-bond acceptors (Lipinski definition) is 8. The molecule has 1 saturated carbocycles. The second-order valence-electron chi connectivity index (χ2n) is 10.9. The maximum atomic E-state index is 13.7. The molecule has 2 amide bonds. The van der Waals surface area contributed by atoms with Gasteiger partial charge in [-0.2, -0.15) is 0 Å². The number of nitrogens with one attached hydrogen (secondary N) is 1. The third-order valence-electron chi connectivity index (χ3n) is 8.35. The molecule has 2 heterocycles. The molecule has 0 radical (unpaired) electrons. The number of furan rings is 1. The van der Waals surface area contributed by atoms with Crippen LogP contribution in [-0.4, -0.2) is 70.5 Å². The van der Waals surface area contributed by atoms with Crippen molar-refractivity contribution in [1.82, 2.24) is 10.2 Å². The molecule has 2 aromatic rings. The third-order valence-corrected chi connectivity index (χ3v) is 8.35. The van der Waals surface area contributed by atoms with Crippen LogP contribution in [0.25, 0.3) is 0 Å². The van der Waals surface area contributed by atoms with Gasteiger partial charge >= 0.3 is 0 Å². The monoisotopic (exact) mass is 554 g/mol. The van der Waals surface area contributed by atoms with Crippen molar-refractivity contribution in [2.24, 2.45) is 5.92 Å². The minimum Gasteiger partial charge on any atom is -0.493 e. The number of benzene rings is 1. The van der Waals surface area contributed by atoms with Crippen molar-refractivity contribution < 1.29 is 38.8 Å². The van der Waals surface area contributed by atoms with Crippen LogP contribution in [0.3, 0.4) is 0 Å². The number of carbonyl (C=O) groups excluding carboxylic acids is 2. The lowest BCUT2D eigenvalue weighted by Gasteiger charge is -2.40. The molecule has 0 spiro atoms. The first kappa shape index (κ1) is 28.2. The van der Waals surface area contributed by atoms with Gasteiger partial charge < -0.3 is 39.4 Å². The molecule has 216 valence electrons. The van der Waals surface area contributed by atoms with Gasteiger partial charge in [0.25, 0.3) is 0 Å². The molecule has 40 heavy (non-hydrogen) atoms. The topological polar surface area (TPSA) is 142 Å². The Morgan fingerprint density at radius 3 is 2.65 bits per heavy atom. The molecule has 0 bridgehead atoms. The van der Waals surface area contributed by atoms with Gasteiger partial charge in [-0.05, 0) is 42.2 Å². The SMILES string of the molecule is COc1cc(CO)cc2c1OC1C2C(C(=O)NCCO)=CC(N(Cc2ccoc2)C(=O)CCC2CCCC2)C1O. The zero-order valence-electron chi connectivity index (χ0n) is 22.8. The summed E-state index contributed by atoms with van der Waals surface area (Å²) in [4.78, 5) is 28.8. The van der Waals surface area contributed by atoms with Gasteiger partial charge in [0.15, 0.2) is 11.5 Å². The van der Waals surface area contributed by atoms with E-state index in [0.717, 1.165) is 24.8 Å². The molecule has 4 unspecified atom stereocenters. The fourth-order valence-electron chi connectivity index (χ4n) is 6.33. The maximum Gasteiger partial charge on any atom is 0.247 e. The van der Waals surface area contributed by atoms with Gasteiger partial charge in [-0.15, -0.1) is 0 Å². The van der Waals surface area contributed by atoms with E-state index < -0.39 is 30.1 Å². The normalized spacial score (nSPS) is 23.6. The van der Waals surface area contributed by atoms with Crippen molar-refractivity contribution in [3.63, 3.8) is 0 Å². The highest BCUT2D eigenvalue weighted by molar-refractivity contribution is 5.96. The zero-order chi connectivity index (χ0) is 28.2. The minimum atomic E-state index is -1.16. The molecule has 5 rings (SSSR count). The number of rotatable bonds is 11. The number of nitrogens with zero attached hydrogens (tertiary/aromatic N) is 1. The van der Waals surface area contributed by atoms with Crippen molar-refractivity contribution in [2.75, 3.05) is 20.3 Å². The lowest BCUT2D eigenvalue weighted by atomic mass is 9.77. The van der Waals surface area contributed by atoms with E-state index >= 15 is 0 Å². The molecule has 4 atom stereocenters. The Hall–Kier alpha value is -3.34. The van der Waals surface area contributed by atoms with Gasteiger partial charge in [-0.3, -0.25) is 9.59 Å². The number of ether oxygens (including phenoxy) is 2. The van der Waals surface area contributed by atoms with Gasteiger partial charge in [0.05, 0.1) is 44.8 Å². The summed E-state index contributed by atoms with van der Waals surface area (Å²) in [6.45, 7) is -0.226. The number of carbonyl (C=O) groups is 2. The predicted octanol–water partition coefficient (Wildman–Crippen LogP) is 2.40. The quantitative estimate of drug-likeness (QED) is 0.332. The van der Waals surface area contributed by atoms with E-state index in [1.54, 1.807) is 35.4 Å². The van der Waals surface area contributed by atoms with Crippen molar-refractivity contribution in [1.29, 1.82) is 0 Å². The van der Waals surface area contributed by atoms with Crippen molar-refractivity contribution in [3.05, 3.63) is 59.1 Å². The lowest BCUT2D eigenvalue weighted by molar-refractivity contribution is -0.138. The molecule has 10 heteroatoms. The van der Waals surface area contributed by atoms with Crippen LogP contribution in [0.5, 0.6) is 11.5 Å². The Morgan fingerprint density at radius 1 is 1.18 bits per heavy atom. The van der Waals surface area contributed by atoms with Crippen LogP contribution >= 0.6 is 0 Å². The first-order valence-corrected chi connectivity index (χ1v) is 14.0. The van der Waals surface area contributed by atoms with E-state index in [9.17, 15) is 24.9 Å². The summed E-state index contributed by atoms with van der Waals surface area (Å²) in [5.41, 5.74) is 2.29. The molecule has 1 fully saturated rings. The third kappa shape index (κ3) is 5.61. The van der Waals surface area contributed by atoms with E-state index in [1.807, 2.05) is 0 Å². The summed E-state index contributed by atoms with van der Waals surface area (Å²) in [5, 5.41) is 33.7. The summed E-state index contributed by atoms with van der Waals surface area (Å²) in [7, 11) is 1.49. The predicted molar refractivity (Wildman–Crippen MR) is 144 cm³/mol. The average molecular weight is 555 g/mol. The average Bonchev–Trinajstić information content (AvgIpc) is 3.75. The number of hydrogen-bond donors (Lipinski definition) is 4. The Kier molecular flexibility index (Phi) is 8.78. The first-order chi connectivity index (χ1) is 19.4. The molecule has 10 nitrogen and oxygen atoms in total. The summed E-state index contributed by atoms with van der Waals surface area (Å²) < 4.78 is 17.1. The minimum absolute atomic E-state index is 0.0492. The van der Waals surface area contributed by atoms with Gasteiger partial charge in [0.2, 0.25) is 11.8 Å². The van der Waals surface area contributed by atoms with Crippen molar-refractivity contribution >= 4 is 11.8 Å². The van der Waals surface area contributed by atoms with E-state index in [2.05, 4.69) is 5.32 Å². The smallest absolute Gasteiger partial charge is 0.247 e. The summed E-state index contributed by atoms with van der Waals surface area (Å²) in [5.74, 6) is 0.105. The standard InChI is InChI=1S/C30H38N2O8/c1-38-24-13-20(16-34)12-21-26-22(30(37)31-9-10-33)14-23(27(36)29(26)40-28(21)24)32(15-19-8-11-39-17-19)25(35)7-6-18-4-2-3-5-18/h8,11-14,17-18,23,26-27,29,33-34,36H,2-7,9-10,15-16H2,1H3,(H,31,37). The van der Waals surface area contributed by atoms with Crippen LogP contribution in [-0.2, 0) is 22.7 Å². The van der Waals surface area contributed by atoms with E-state index in [0.29, 0.717) is 40.5 Å². The van der Waals surface area contributed by atoms with Crippen LogP contribution in [0.1, 0.15) is 61.1 Å². The van der Waals surface area contributed by atoms with Gasteiger partial charge in [-0.25, -0.2) is 0 Å². The van der Waals surface area contributed by atoms with Crippen LogP contribution in [0.4, 0.5) is 0 Å². The molecule has 0 saturated heterocycles. The number of amides is 2. The summed E-state index contributed by atoms with van der Waals surface area (Å²) >= 11 is 0. The van der Waals surface area contributed by atoms with Crippen molar-refractivity contribution in [2.45, 2.75) is 75.8 Å². The molecule has 1 aromatic carbocycles. The van der Waals surface area contributed by atoms with Crippen LogP contribution in [0.2, 0.25) is 0 Å². The fourth-order valence-corrected chi connectivity index (χ4v) is 6.33. The van der Waals surface area contributed by atoms with Crippen LogP contribution < -0.4 is 14.8 Å². The highest BCUT2D eigenvalue weighted by Crippen LogP contribution is 2.51. The fraction of sp³-hybridized carbons (Fsp3) is 0.533. The molecule has 4 N–H and O–H groups in total. The molecular weight excluding hydrogens is 516 g/mol. The molecule has 2 aliphatic carbocycles. The molecule has 3 aliphatic rings. The largest absolute Gasteiger partial charge is 0.493 e. The highest BCUT2D eigenvalue weighted by atomic mass is 16.5. The highest BCUT2D eigenvalue weighted by Gasteiger charge is 2.51. The van der Waals surface area contributed by atoms with Crippen LogP contribution in [0, 0.1) is 5.92 Å². The van der Waals surface area contributed by atoms with E-state index in [-0.39, 0.29) is 32.2 Å². The second kappa shape index (κ2) is 12.4. The first-order valence-electron chi connectivity index (χ1n) is 14.0. The van der Waals surface area contributed by atoms with Crippen LogP contribution in [0.15, 0.2) is 46.8 Å². The Balaban J connectivity index is 1.53. The molecule has 1 aliphatic heterocycles. The summed E-state index contributed by atoms with van der Waals surface area (Å²) in [6.07, 6.45) is 8.49. The second-order valence-corrected chi connectivity index (χ2v) is 10.9. The van der Waals surface area contributed by atoms with Gasteiger partial charge in [-0.1, -0.05) is 25.7 Å². The van der Waals surface area contributed by atoms with Gasteiger partial charge in [0, 0.05) is 36.2 Å². The number of methoxy groups -OCH3 is 1. The zero-order valence-corrected chi connectivity index (χ0v) is 22.8. The lowest BCUT2D eigenvalue weighted by Crippen LogP contribution is -2.55.